The summed E-state index contributed by atoms with van der Waals surface area (Å²) in [6, 6.07) is 3.26. The molecule has 0 amide bonds. The molecule has 0 unspecified atom stereocenters. The molecule has 7 heteroatoms. The zero-order valence-electron chi connectivity index (χ0n) is 13.7. The molecule has 0 aliphatic heterocycles. The molecule has 2 aromatic rings. The number of nitrogens with one attached hydrogen (secondary N) is 1. The highest BCUT2D eigenvalue weighted by molar-refractivity contribution is 6.10. The summed E-state index contributed by atoms with van der Waals surface area (Å²) in [5.74, 6) is -0.899. The second-order valence-corrected chi connectivity index (χ2v) is 5.85. The number of carbonyl (C=O) groups is 2. The maximum atomic E-state index is 12.2. The molecular weight excluding hydrogens is 302 g/mol. The summed E-state index contributed by atoms with van der Waals surface area (Å²) >= 11 is 0. The predicted molar refractivity (Wildman–Crippen MR) is 82.5 cm³/mol. The zero-order chi connectivity index (χ0) is 17.2. The number of hydrogen-bond donors (Lipinski definition) is 1. The van der Waals surface area contributed by atoms with E-state index in [0.717, 1.165) is 0 Å². The maximum absolute atomic E-state index is 12.2. The highest BCUT2D eigenvalue weighted by atomic mass is 16.5. The van der Waals surface area contributed by atoms with E-state index in [1.54, 1.807) is 12.1 Å². The van der Waals surface area contributed by atoms with E-state index in [1.807, 2.05) is 20.8 Å². The van der Waals surface area contributed by atoms with Crippen LogP contribution >= 0.6 is 0 Å². The summed E-state index contributed by atoms with van der Waals surface area (Å²) in [5.41, 5.74) is -0.476. The fourth-order valence-electron chi connectivity index (χ4n) is 2.03. The molecule has 0 saturated carbocycles. The summed E-state index contributed by atoms with van der Waals surface area (Å²) in [4.78, 5) is 24.4. The lowest BCUT2D eigenvalue weighted by atomic mass is 10.1. The first-order valence-electron chi connectivity index (χ1n) is 6.94. The van der Waals surface area contributed by atoms with Gasteiger partial charge in [0, 0.05) is 5.54 Å². The van der Waals surface area contributed by atoms with E-state index >= 15 is 0 Å². The van der Waals surface area contributed by atoms with E-state index in [2.05, 4.69) is 5.32 Å². The average Bonchev–Trinajstić information content (AvgIpc) is 3.11. The molecule has 0 spiro atoms. The van der Waals surface area contributed by atoms with Crippen LogP contribution in [0.3, 0.4) is 0 Å². The Labute approximate surface area is 133 Å². The molecule has 23 heavy (non-hydrogen) atoms. The van der Waals surface area contributed by atoms with Gasteiger partial charge < -0.3 is 23.6 Å². The van der Waals surface area contributed by atoms with Crippen molar-refractivity contribution in [2.45, 2.75) is 26.3 Å². The number of esters is 2. The standard InChI is InChI=1S/C16H19NO6/c1-16(2,3)17-13-11(15(19)21-5)10(14(18)20-4)12(23-13)9-7-6-8-22-9/h6-8,17H,1-5H3. The second kappa shape index (κ2) is 6.20. The molecule has 2 aromatic heterocycles. The van der Waals surface area contributed by atoms with Crippen LogP contribution in [0, 0.1) is 0 Å². The third-order valence-electron chi connectivity index (χ3n) is 2.92. The zero-order valence-corrected chi connectivity index (χ0v) is 13.7. The second-order valence-electron chi connectivity index (χ2n) is 5.85. The fourth-order valence-corrected chi connectivity index (χ4v) is 2.03. The Bertz CT molecular complexity index is 706. The number of furan rings is 2. The third kappa shape index (κ3) is 3.39. The van der Waals surface area contributed by atoms with Crippen molar-refractivity contribution in [1.29, 1.82) is 0 Å². The van der Waals surface area contributed by atoms with Crippen molar-refractivity contribution < 1.29 is 27.9 Å². The van der Waals surface area contributed by atoms with Gasteiger partial charge in [0.25, 0.3) is 0 Å². The Morgan fingerprint density at radius 2 is 1.70 bits per heavy atom. The lowest BCUT2D eigenvalue weighted by Gasteiger charge is -2.20. The Morgan fingerprint density at radius 1 is 1.09 bits per heavy atom. The molecule has 0 radical (unpaired) electrons. The van der Waals surface area contributed by atoms with Crippen LogP contribution in [0.2, 0.25) is 0 Å². The number of rotatable bonds is 4. The van der Waals surface area contributed by atoms with Crippen LogP contribution in [0.5, 0.6) is 0 Å². The lowest BCUT2D eigenvalue weighted by Crippen LogP contribution is -2.27. The highest BCUT2D eigenvalue weighted by Crippen LogP contribution is 2.37. The first-order valence-corrected chi connectivity index (χ1v) is 6.94. The Morgan fingerprint density at radius 3 is 2.17 bits per heavy atom. The van der Waals surface area contributed by atoms with E-state index < -0.39 is 17.5 Å². The minimum Gasteiger partial charge on any atom is -0.465 e. The molecule has 0 atom stereocenters. The molecule has 2 rings (SSSR count). The van der Waals surface area contributed by atoms with Crippen LogP contribution in [-0.2, 0) is 9.47 Å². The molecule has 1 N–H and O–H groups in total. The first-order chi connectivity index (χ1) is 10.8. The van der Waals surface area contributed by atoms with Gasteiger partial charge in [0.2, 0.25) is 5.88 Å². The van der Waals surface area contributed by atoms with E-state index in [9.17, 15) is 9.59 Å². The summed E-state index contributed by atoms with van der Waals surface area (Å²) in [6.45, 7) is 5.67. The highest BCUT2D eigenvalue weighted by Gasteiger charge is 2.34. The van der Waals surface area contributed by atoms with Gasteiger partial charge in [0.15, 0.2) is 11.5 Å². The lowest BCUT2D eigenvalue weighted by molar-refractivity contribution is 0.0557. The largest absolute Gasteiger partial charge is 0.465 e. The van der Waals surface area contributed by atoms with Crippen molar-refractivity contribution in [3.05, 3.63) is 29.5 Å². The normalized spacial score (nSPS) is 11.2. The van der Waals surface area contributed by atoms with Crippen LogP contribution in [0.1, 0.15) is 41.5 Å². The van der Waals surface area contributed by atoms with E-state index in [0.29, 0.717) is 5.76 Å². The summed E-state index contributed by atoms with van der Waals surface area (Å²) < 4.78 is 20.5. The summed E-state index contributed by atoms with van der Waals surface area (Å²) in [5, 5.41) is 3.05. The number of anilines is 1. The van der Waals surface area contributed by atoms with Gasteiger partial charge in [-0.2, -0.15) is 0 Å². The van der Waals surface area contributed by atoms with Crippen LogP contribution in [0.4, 0.5) is 5.88 Å². The molecular formula is C16H19NO6. The van der Waals surface area contributed by atoms with E-state index in [1.165, 1.54) is 20.5 Å². The molecule has 0 saturated heterocycles. The number of methoxy groups -OCH3 is 2. The van der Waals surface area contributed by atoms with E-state index in [4.69, 9.17) is 18.3 Å². The van der Waals surface area contributed by atoms with Gasteiger partial charge in [0.05, 0.1) is 20.5 Å². The van der Waals surface area contributed by atoms with Gasteiger partial charge in [-0.25, -0.2) is 9.59 Å². The number of hydrogen-bond acceptors (Lipinski definition) is 7. The van der Waals surface area contributed by atoms with Crippen molar-refractivity contribution in [3.8, 4) is 11.5 Å². The van der Waals surface area contributed by atoms with Crippen LogP contribution in [0.15, 0.2) is 27.2 Å². The minimum absolute atomic E-state index is 0.0272. The van der Waals surface area contributed by atoms with Gasteiger partial charge in [0.1, 0.15) is 11.1 Å². The topological polar surface area (TPSA) is 90.9 Å². The van der Waals surface area contributed by atoms with Crippen molar-refractivity contribution in [2.24, 2.45) is 0 Å². The van der Waals surface area contributed by atoms with Crippen LogP contribution in [0.25, 0.3) is 11.5 Å². The fraction of sp³-hybridized carbons (Fsp3) is 0.375. The summed E-state index contributed by atoms with van der Waals surface area (Å²) in [7, 11) is 2.45. The van der Waals surface area contributed by atoms with Gasteiger partial charge in [-0.05, 0) is 32.9 Å². The van der Waals surface area contributed by atoms with Crippen molar-refractivity contribution in [1.82, 2.24) is 0 Å². The quantitative estimate of drug-likeness (QED) is 0.864. The molecule has 0 fully saturated rings. The minimum atomic E-state index is -0.720. The van der Waals surface area contributed by atoms with Gasteiger partial charge in [-0.1, -0.05) is 0 Å². The molecule has 0 aliphatic carbocycles. The first kappa shape index (κ1) is 16.7. The Hall–Kier alpha value is -2.70. The molecule has 0 aromatic carbocycles. The molecule has 2 heterocycles. The molecule has 124 valence electrons. The van der Waals surface area contributed by atoms with Crippen molar-refractivity contribution in [2.75, 3.05) is 19.5 Å². The van der Waals surface area contributed by atoms with Gasteiger partial charge >= 0.3 is 11.9 Å². The van der Waals surface area contributed by atoms with Gasteiger partial charge in [-0.15, -0.1) is 0 Å². The molecule has 0 aliphatic rings. The SMILES string of the molecule is COC(=O)c1c(NC(C)(C)C)oc(-c2ccco2)c1C(=O)OC. The molecule has 0 bridgehead atoms. The maximum Gasteiger partial charge on any atom is 0.344 e. The van der Waals surface area contributed by atoms with Gasteiger partial charge in [-0.3, -0.25) is 0 Å². The average molecular weight is 321 g/mol. The van der Waals surface area contributed by atoms with Crippen molar-refractivity contribution in [3.63, 3.8) is 0 Å². The number of ether oxygens (including phenoxy) is 2. The number of carbonyl (C=O) groups excluding carboxylic acids is 2. The third-order valence-corrected chi connectivity index (χ3v) is 2.92. The van der Waals surface area contributed by atoms with Crippen molar-refractivity contribution >= 4 is 17.8 Å². The summed E-state index contributed by atoms with van der Waals surface area (Å²) in [6.07, 6.45) is 1.44. The van der Waals surface area contributed by atoms with Crippen LogP contribution < -0.4 is 5.32 Å². The van der Waals surface area contributed by atoms with E-state index in [-0.39, 0.29) is 22.8 Å². The van der Waals surface area contributed by atoms with Crippen LogP contribution in [-0.4, -0.2) is 31.7 Å². The smallest absolute Gasteiger partial charge is 0.344 e. The monoisotopic (exact) mass is 321 g/mol. The molecule has 7 nitrogen and oxygen atoms in total. The Balaban J connectivity index is 2.72. The predicted octanol–water partition coefficient (Wildman–Crippen LogP) is 3.32. The Kier molecular flexibility index (Phi) is 4.49.